The maximum absolute atomic E-state index is 14.4. The zero-order valence-corrected chi connectivity index (χ0v) is 13.8. The second-order valence-corrected chi connectivity index (χ2v) is 5.98. The first-order valence-electron chi connectivity index (χ1n) is 6.58. The molecule has 3 rings (SSSR count). The van der Waals surface area contributed by atoms with E-state index in [1.807, 2.05) is 0 Å². The first-order chi connectivity index (χ1) is 10.3. The van der Waals surface area contributed by atoms with Crippen LogP contribution in [0.2, 0.25) is 0 Å². The van der Waals surface area contributed by atoms with Crippen molar-refractivity contribution in [2.75, 3.05) is 4.90 Å². The largest absolute Gasteiger partial charge is 0.446 e. The summed E-state index contributed by atoms with van der Waals surface area (Å²) in [6, 6.07) is 3.19. The smallest absolute Gasteiger partial charge is 0.324 e. The van der Waals surface area contributed by atoms with Crippen molar-refractivity contribution in [2.24, 2.45) is 0 Å². The molecule has 0 bridgehead atoms. The molecular weight excluding hydrogens is 357 g/mol. The first kappa shape index (κ1) is 15.0. The molecule has 0 aromatic carbocycles. The zero-order valence-electron chi connectivity index (χ0n) is 12.2. The number of carbonyl (C=O) groups is 1. The highest BCUT2D eigenvalue weighted by Gasteiger charge is 2.46. The molecule has 1 aliphatic heterocycles. The molecule has 8 heteroatoms. The molecule has 2 aromatic heterocycles. The molecule has 2 aromatic rings. The molecule has 1 unspecified atom stereocenters. The van der Waals surface area contributed by atoms with Crippen molar-refractivity contribution in [1.82, 2.24) is 10.1 Å². The van der Waals surface area contributed by atoms with Gasteiger partial charge in [-0.3, -0.25) is 9.69 Å². The average molecular weight is 370 g/mol. The number of hydrogen-bond donors (Lipinski definition) is 0. The Morgan fingerprint density at radius 3 is 2.77 bits per heavy atom. The summed E-state index contributed by atoms with van der Waals surface area (Å²) in [4.78, 5) is 17.9. The van der Waals surface area contributed by atoms with E-state index in [1.165, 1.54) is 4.90 Å². The summed E-state index contributed by atoms with van der Waals surface area (Å²) >= 11 is 3.24. The maximum Gasteiger partial charge on any atom is 0.324 e. The number of aryl methyl sites for hydroxylation is 2. The van der Waals surface area contributed by atoms with E-state index in [9.17, 15) is 9.18 Å². The second kappa shape index (κ2) is 5.05. The summed E-state index contributed by atoms with van der Waals surface area (Å²) in [5, 5.41) is 3.85. The molecule has 1 aliphatic rings. The minimum absolute atomic E-state index is 0.110. The normalized spacial score (nSPS) is 20.8. The lowest BCUT2D eigenvalue weighted by Crippen LogP contribution is -2.51. The van der Waals surface area contributed by atoms with Crippen molar-refractivity contribution < 1.29 is 18.4 Å². The summed E-state index contributed by atoms with van der Waals surface area (Å²) in [5.41, 5.74) is 1.37. The van der Waals surface area contributed by atoms with Crippen LogP contribution < -0.4 is 9.64 Å². The van der Waals surface area contributed by atoms with Gasteiger partial charge in [0.25, 0.3) is 0 Å². The van der Waals surface area contributed by atoms with E-state index in [4.69, 9.17) is 9.26 Å². The van der Waals surface area contributed by atoms with Crippen molar-refractivity contribution in [3.63, 3.8) is 0 Å². The molecule has 3 heterocycles. The number of nitrogens with zero attached hydrogens (tertiary/aromatic N) is 3. The number of carbonyl (C=O) groups excluding carboxylic acids is 1. The summed E-state index contributed by atoms with van der Waals surface area (Å²) in [6.45, 7) is 4.70. The topological polar surface area (TPSA) is 68.5 Å². The molecule has 6 nitrogen and oxygen atoms in total. The van der Waals surface area contributed by atoms with Crippen LogP contribution in [0.3, 0.4) is 0 Å². The van der Waals surface area contributed by atoms with E-state index in [0.29, 0.717) is 16.1 Å². The molecule has 0 spiro atoms. The van der Waals surface area contributed by atoms with Gasteiger partial charge in [0, 0.05) is 12.5 Å². The molecule has 0 saturated heterocycles. The summed E-state index contributed by atoms with van der Waals surface area (Å²) in [7, 11) is 0. The fourth-order valence-electron chi connectivity index (χ4n) is 2.31. The minimum Gasteiger partial charge on any atom is -0.446 e. The third-order valence-electron chi connectivity index (χ3n) is 3.49. The monoisotopic (exact) mass is 369 g/mol. The van der Waals surface area contributed by atoms with E-state index in [2.05, 4.69) is 26.1 Å². The lowest BCUT2D eigenvalue weighted by Gasteiger charge is -2.35. The van der Waals surface area contributed by atoms with Gasteiger partial charge < -0.3 is 9.26 Å². The van der Waals surface area contributed by atoms with E-state index in [-0.39, 0.29) is 18.1 Å². The second-order valence-electron chi connectivity index (χ2n) is 5.17. The Morgan fingerprint density at radius 1 is 1.41 bits per heavy atom. The number of alkyl halides is 1. The molecule has 22 heavy (non-hydrogen) atoms. The predicted octanol–water partition coefficient (Wildman–Crippen LogP) is 3.06. The zero-order chi connectivity index (χ0) is 16.1. The van der Waals surface area contributed by atoms with Crippen LogP contribution in [0.4, 0.5) is 10.2 Å². The number of pyridine rings is 1. The van der Waals surface area contributed by atoms with E-state index in [0.717, 1.165) is 12.5 Å². The van der Waals surface area contributed by atoms with Gasteiger partial charge in [0.05, 0.1) is 12.2 Å². The Hall–Kier alpha value is -1.96. The molecule has 0 fully saturated rings. The Kier molecular flexibility index (Phi) is 3.43. The SMILES string of the molecule is Cc1noc(C)c1CN1C(=O)C(C)(F)Oc2ccc(Br)nc21. The lowest BCUT2D eigenvalue weighted by molar-refractivity contribution is -0.150. The van der Waals surface area contributed by atoms with Gasteiger partial charge in [-0.05, 0) is 41.9 Å². The Balaban J connectivity index is 2.09. The summed E-state index contributed by atoms with van der Waals surface area (Å²) < 4.78 is 25.2. The highest BCUT2D eigenvalue weighted by atomic mass is 79.9. The standard InChI is InChI=1S/C14H13BrFN3O3/c1-7-9(8(2)22-18-7)6-19-12-10(4-5-11(15)17-12)21-14(3,16)13(19)20/h4-5H,6H2,1-3H3. The fourth-order valence-corrected chi connectivity index (χ4v) is 2.61. The molecule has 0 N–H and O–H groups in total. The first-order valence-corrected chi connectivity index (χ1v) is 7.37. The van der Waals surface area contributed by atoms with Gasteiger partial charge in [-0.25, -0.2) is 4.98 Å². The van der Waals surface area contributed by atoms with E-state index in [1.54, 1.807) is 26.0 Å². The molecule has 0 aliphatic carbocycles. The van der Waals surface area contributed by atoms with Crippen molar-refractivity contribution in [2.45, 2.75) is 33.2 Å². The molecule has 0 radical (unpaired) electrons. The molecule has 0 saturated carbocycles. The van der Waals surface area contributed by atoms with Crippen molar-refractivity contribution >= 4 is 27.7 Å². The van der Waals surface area contributed by atoms with Crippen molar-refractivity contribution in [3.05, 3.63) is 33.8 Å². The lowest BCUT2D eigenvalue weighted by atomic mass is 10.1. The van der Waals surface area contributed by atoms with Crippen LogP contribution in [-0.4, -0.2) is 21.9 Å². The number of amides is 1. The third-order valence-corrected chi connectivity index (χ3v) is 3.93. The van der Waals surface area contributed by atoms with Gasteiger partial charge in [0.1, 0.15) is 10.4 Å². The van der Waals surface area contributed by atoms with Gasteiger partial charge in [0.2, 0.25) is 0 Å². The Bertz CT molecular complexity index is 740. The number of hydrogen-bond acceptors (Lipinski definition) is 5. The molecule has 1 atom stereocenters. The van der Waals surface area contributed by atoms with Crippen LogP contribution in [0, 0.1) is 13.8 Å². The molecule has 1 amide bonds. The summed E-state index contributed by atoms with van der Waals surface area (Å²) in [6.07, 6.45) is 0. The van der Waals surface area contributed by atoms with Crippen LogP contribution >= 0.6 is 15.9 Å². The van der Waals surface area contributed by atoms with Gasteiger partial charge in [-0.2, -0.15) is 4.39 Å². The highest BCUT2D eigenvalue weighted by molar-refractivity contribution is 9.10. The number of anilines is 1. The number of fused-ring (bicyclic) bond motifs is 1. The Morgan fingerprint density at radius 2 is 2.14 bits per heavy atom. The molecular formula is C14H13BrFN3O3. The van der Waals surface area contributed by atoms with Gasteiger partial charge in [-0.15, -0.1) is 0 Å². The Labute approximate surface area is 134 Å². The van der Waals surface area contributed by atoms with Crippen LogP contribution in [0.5, 0.6) is 5.75 Å². The van der Waals surface area contributed by atoms with E-state index < -0.39 is 11.8 Å². The summed E-state index contributed by atoms with van der Waals surface area (Å²) in [5.74, 6) is -2.21. The van der Waals surface area contributed by atoms with Crippen molar-refractivity contribution in [1.29, 1.82) is 0 Å². The van der Waals surface area contributed by atoms with Crippen LogP contribution in [0.1, 0.15) is 23.9 Å². The quantitative estimate of drug-likeness (QED) is 0.760. The maximum atomic E-state index is 14.4. The highest BCUT2D eigenvalue weighted by Crippen LogP contribution is 2.39. The van der Waals surface area contributed by atoms with Gasteiger partial charge in [-0.1, -0.05) is 5.16 Å². The van der Waals surface area contributed by atoms with Crippen LogP contribution in [-0.2, 0) is 11.3 Å². The number of rotatable bonds is 2. The van der Waals surface area contributed by atoms with Gasteiger partial charge in [0.15, 0.2) is 11.6 Å². The third kappa shape index (κ3) is 2.37. The number of aromatic nitrogens is 2. The predicted molar refractivity (Wildman–Crippen MR) is 79.2 cm³/mol. The average Bonchev–Trinajstić information content (AvgIpc) is 2.76. The van der Waals surface area contributed by atoms with Crippen LogP contribution in [0.25, 0.3) is 0 Å². The molecule has 116 valence electrons. The fraction of sp³-hybridized carbons (Fsp3) is 0.357. The van der Waals surface area contributed by atoms with Gasteiger partial charge >= 0.3 is 11.8 Å². The number of ether oxygens (including phenoxy) is 1. The van der Waals surface area contributed by atoms with Crippen LogP contribution in [0.15, 0.2) is 21.3 Å². The number of halogens is 2. The minimum atomic E-state index is -2.44. The van der Waals surface area contributed by atoms with Crippen molar-refractivity contribution in [3.8, 4) is 5.75 Å². The van der Waals surface area contributed by atoms with E-state index >= 15 is 0 Å².